The summed E-state index contributed by atoms with van der Waals surface area (Å²) < 4.78 is 16.9. The van der Waals surface area contributed by atoms with Crippen molar-refractivity contribution in [2.24, 2.45) is 7.05 Å². The summed E-state index contributed by atoms with van der Waals surface area (Å²) in [6, 6.07) is 22.4. The Bertz CT molecular complexity index is 1220. The predicted octanol–water partition coefficient (Wildman–Crippen LogP) is 6.22. The third-order valence-corrected chi connectivity index (χ3v) is 6.57. The van der Waals surface area contributed by atoms with Crippen LogP contribution in [0.1, 0.15) is 22.9 Å². The standard InChI is InChI=1S/C24H19ClFIN2O/c1-29-20(14-25)21(27)24(30)18-12-17(26)13-19(23(18)29)28-22(15-8-4-2-5-9-15)16-10-6-3-7-11-16/h2-13,22,28H,14H2,1H3. The highest BCUT2D eigenvalue weighted by atomic mass is 127. The van der Waals surface area contributed by atoms with E-state index in [1.807, 2.05) is 94.9 Å². The summed E-state index contributed by atoms with van der Waals surface area (Å²) in [5.41, 5.74) is 3.75. The molecule has 1 N–H and O–H groups in total. The van der Waals surface area contributed by atoms with Crippen LogP contribution in [0.4, 0.5) is 10.1 Å². The van der Waals surface area contributed by atoms with Gasteiger partial charge in [0.05, 0.1) is 37.8 Å². The van der Waals surface area contributed by atoms with Gasteiger partial charge < -0.3 is 9.88 Å². The van der Waals surface area contributed by atoms with E-state index in [2.05, 4.69) is 5.32 Å². The van der Waals surface area contributed by atoms with Crippen LogP contribution in [0.5, 0.6) is 0 Å². The van der Waals surface area contributed by atoms with Crippen molar-refractivity contribution in [2.75, 3.05) is 5.32 Å². The first-order valence-electron chi connectivity index (χ1n) is 9.44. The van der Waals surface area contributed by atoms with Gasteiger partial charge in [-0.25, -0.2) is 4.39 Å². The second-order valence-corrected chi connectivity index (χ2v) is 8.38. The van der Waals surface area contributed by atoms with Crippen LogP contribution in [0, 0.1) is 9.39 Å². The van der Waals surface area contributed by atoms with Crippen molar-refractivity contribution in [1.82, 2.24) is 4.57 Å². The summed E-state index contributed by atoms with van der Waals surface area (Å²) in [6.07, 6.45) is 0. The lowest BCUT2D eigenvalue weighted by molar-refractivity contribution is 0.629. The second kappa shape index (κ2) is 8.78. The Hall–Kier alpha value is -2.38. The molecule has 0 aliphatic rings. The zero-order chi connectivity index (χ0) is 21.3. The molecule has 1 aromatic heterocycles. The van der Waals surface area contributed by atoms with Gasteiger partial charge in [-0.1, -0.05) is 60.7 Å². The first kappa shape index (κ1) is 20.9. The molecular weight excluding hydrogens is 514 g/mol. The molecule has 30 heavy (non-hydrogen) atoms. The Labute approximate surface area is 192 Å². The number of anilines is 1. The molecule has 152 valence electrons. The molecule has 3 nitrogen and oxygen atoms in total. The van der Waals surface area contributed by atoms with Gasteiger partial charge in [-0.15, -0.1) is 11.6 Å². The predicted molar refractivity (Wildman–Crippen MR) is 130 cm³/mol. The average molecular weight is 533 g/mol. The second-order valence-electron chi connectivity index (χ2n) is 7.03. The van der Waals surface area contributed by atoms with Gasteiger partial charge in [0.15, 0.2) is 0 Å². The smallest absolute Gasteiger partial charge is 0.203 e. The van der Waals surface area contributed by atoms with Crippen LogP contribution in [0.15, 0.2) is 77.6 Å². The van der Waals surface area contributed by atoms with Crippen molar-refractivity contribution in [1.29, 1.82) is 0 Å². The van der Waals surface area contributed by atoms with Crippen LogP contribution in [0.25, 0.3) is 10.9 Å². The molecule has 0 amide bonds. The lowest BCUT2D eigenvalue weighted by atomic mass is 9.98. The van der Waals surface area contributed by atoms with Gasteiger partial charge >= 0.3 is 0 Å². The number of rotatable bonds is 5. The van der Waals surface area contributed by atoms with E-state index in [9.17, 15) is 9.18 Å². The summed E-state index contributed by atoms with van der Waals surface area (Å²) in [6.45, 7) is 0. The van der Waals surface area contributed by atoms with Gasteiger partial charge in [0.2, 0.25) is 5.43 Å². The highest BCUT2D eigenvalue weighted by Crippen LogP contribution is 2.32. The molecule has 0 saturated carbocycles. The Kier molecular flexibility index (Phi) is 6.11. The number of halogens is 3. The van der Waals surface area contributed by atoms with E-state index >= 15 is 0 Å². The molecule has 0 unspecified atom stereocenters. The summed E-state index contributed by atoms with van der Waals surface area (Å²) in [5, 5.41) is 3.82. The van der Waals surface area contributed by atoms with Crippen molar-refractivity contribution < 1.29 is 4.39 Å². The van der Waals surface area contributed by atoms with E-state index < -0.39 is 5.82 Å². The number of aromatic nitrogens is 1. The number of nitrogens with zero attached hydrogens (tertiary/aromatic N) is 1. The molecule has 6 heteroatoms. The van der Waals surface area contributed by atoms with E-state index in [4.69, 9.17) is 11.6 Å². The number of fused-ring (bicyclic) bond motifs is 1. The topological polar surface area (TPSA) is 34.0 Å². The first-order valence-corrected chi connectivity index (χ1v) is 11.1. The molecule has 0 fully saturated rings. The summed E-state index contributed by atoms with van der Waals surface area (Å²) in [7, 11) is 1.85. The highest BCUT2D eigenvalue weighted by molar-refractivity contribution is 14.1. The van der Waals surface area contributed by atoms with Crippen LogP contribution >= 0.6 is 34.2 Å². The molecular formula is C24H19ClFIN2O. The average Bonchev–Trinajstić information content (AvgIpc) is 2.77. The van der Waals surface area contributed by atoms with Crippen molar-refractivity contribution in [3.8, 4) is 0 Å². The zero-order valence-electron chi connectivity index (χ0n) is 16.2. The van der Waals surface area contributed by atoms with Crippen molar-refractivity contribution >= 4 is 50.8 Å². The van der Waals surface area contributed by atoms with Gasteiger partial charge in [-0.3, -0.25) is 4.79 Å². The van der Waals surface area contributed by atoms with Crippen LogP contribution < -0.4 is 10.7 Å². The first-order chi connectivity index (χ1) is 14.5. The maximum atomic E-state index is 14.6. The van der Waals surface area contributed by atoms with Gasteiger partial charge in [0, 0.05) is 7.05 Å². The molecule has 3 aromatic carbocycles. The number of hydrogen-bond acceptors (Lipinski definition) is 2. The minimum absolute atomic E-state index is 0.192. The number of pyridine rings is 1. The van der Waals surface area contributed by atoms with Crippen molar-refractivity contribution in [3.63, 3.8) is 0 Å². The maximum Gasteiger partial charge on any atom is 0.203 e. The lowest BCUT2D eigenvalue weighted by Crippen LogP contribution is -2.19. The fraction of sp³-hybridized carbons (Fsp3) is 0.125. The minimum atomic E-state index is -0.462. The number of hydrogen-bond donors (Lipinski definition) is 1. The molecule has 0 saturated heterocycles. The lowest BCUT2D eigenvalue weighted by Gasteiger charge is -2.24. The van der Waals surface area contributed by atoms with Gasteiger partial charge in [-0.2, -0.15) is 0 Å². The maximum absolute atomic E-state index is 14.6. The van der Waals surface area contributed by atoms with Crippen molar-refractivity contribution in [2.45, 2.75) is 11.9 Å². The van der Waals surface area contributed by atoms with Crippen molar-refractivity contribution in [3.05, 3.63) is 109 Å². The number of alkyl halides is 1. The molecule has 1 heterocycles. The fourth-order valence-electron chi connectivity index (χ4n) is 3.73. The summed E-state index contributed by atoms with van der Waals surface area (Å²) in [4.78, 5) is 12.9. The number of aryl methyl sites for hydroxylation is 1. The Balaban J connectivity index is 1.96. The Morgan fingerprint density at radius 1 is 1.03 bits per heavy atom. The molecule has 0 radical (unpaired) electrons. The summed E-state index contributed by atoms with van der Waals surface area (Å²) >= 11 is 8.12. The van der Waals surface area contributed by atoms with E-state index in [0.717, 1.165) is 11.1 Å². The van der Waals surface area contributed by atoms with E-state index in [1.165, 1.54) is 12.1 Å². The number of benzene rings is 3. The zero-order valence-corrected chi connectivity index (χ0v) is 19.1. The molecule has 4 rings (SSSR count). The van der Waals surface area contributed by atoms with Gasteiger partial charge in [0.25, 0.3) is 0 Å². The quantitative estimate of drug-likeness (QED) is 0.244. The molecule has 0 aliphatic carbocycles. The monoisotopic (exact) mass is 532 g/mol. The number of nitrogens with one attached hydrogen (secondary N) is 1. The molecule has 0 bridgehead atoms. The van der Waals surface area contributed by atoms with E-state index in [0.29, 0.717) is 25.9 Å². The largest absolute Gasteiger partial charge is 0.372 e. The van der Waals surface area contributed by atoms with Crippen LogP contribution in [0.3, 0.4) is 0 Å². The van der Waals surface area contributed by atoms with Gasteiger partial charge in [-0.05, 0) is 45.9 Å². The SMILES string of the molecule is Cn1c(CCl)c(I)c(=O)c2cc(F)cc(NC(c3ccccc3)c3ccccc3)c21. The van der Waals surface area contributed by atoms with E-state index in [1.54, 1.807) is 0 Å². The van der Waals surface area contributed by atoms with E-state index in [-0.39, 0.29) is 17.4 Å². The van der Waals surface area contributed by atoms with Crippen LogP contribution in [-0.4, -0.2) is 4.57 Å². The Morgan fingerprint density at radius 2 is 1.60 bits per heavy atom. The molecule has 0 atom stereocenters. The minimum Gasteiger partial charge on any atom is -0.372 e. The third kappa shape index (κ3) is 3.84. The summed E-state index contributed by atoms with van der Waals surface area (Å²) in [5.74, 6) is -0.270. The molecule has 0 spiro atoms. The normalized spacial score (nSPS) is 11.2. The third-order valence-electron chi connectivity index (χ3n) is 5.20. The Morgan fingerprint density at radius 3 is 2.13 bits per heavy atom. The molecule has 0 aliphatic heterocycles. The highest BCUT2D eigenvalue weighted by Gasteiger charge is 2.20. The van der Waals surface area contributed by atoms with Crippen LogP contribution in [0.2, 0.25) is 0 Å². The fourth-order valence-corrected chi connectivity index (χ4v) is 5.11. The van der Waals surface area contributed by atoms with Gasteiger partial charge in [0.1, 0.15) is 5.82 Å². The molecule has 4 aromatic rings. The van der Waals surface area contributed by atoms with Crippen LogP contribution in [-0.2, 0) is 12.9 Å².